The van der Waals surface area contributed by atoms with Crippen LogP contribution in [-0.2, 0) is 0 Å². The van der Waals surface area contributed by atoms with Crippen molar-refractivity contribution in [3.05, 3.63) is 28.8 Å². The maximum Gasteiger partial charge on any atom is 0.220 e. The summed E-state index contributed by atoms with van der Waals surface area (Å²) in [5.41, 5.74) is 18.7. The molecule has 1 aliphatic heterocycles. The smallest absolute Gasteiger partial charge is 0.220 e. The summed E-state index contributed by atoms with van der Waals surface area (Å²) in [7, 11) is 0. The zero-order chi connectivity index (χ0) is 16.6. The fourth-order valence-electron chi connectivity index (χ4n) is 3.34. The van der Waals surface area contributed by atoms with E-state index >= 15 is 0 Å². The second-order valence-corrected chi connectivity index (χ2v) is 6.69. The molecule has 1 saturated carbocycles. The van der Waals surface area contributed by atoms with Crippen LogP contribution in [0.25, 0.3) is 0 Å². The van der Waals surface area contributed by atoms with Crippen LogP contribution >= 0.6 is 23.8 Å². The van der Waals surface area contributed by atoms with Crippen molar-refractivity contribution >= 4 is 46.4 Å². The number of aliphatic imine (C=N–C) groups is 2. The molecule has 1 spiro atoms. The molecule has 1 fully saturated rings. The largest absolute Gasteiger partial charge is 0.389 e. The third-order valence-electron chi connectivity index (χ3n) is 4.33. The number of rotatable bonds is 2. The van der Waals surface area contributed by atoms with Crippen molar-refractivity contribution in [3.8, 4) is 0 Å². The van der Waals surface area contributed by atoms with E-state index in [4.69, 9.17) is 41.0 Å². The molecule has 3 rings (SSSR count). The van der Waals surface area contributed by atoms with Gasteiger partial charge in [0.15, 0.2) is 0 Å². The highest BCUT2D eigenvalue weighted by Crippen LogP contribution is 2.40. The number of benzene rings is 1. The average molecular weight is 351 g/mol. The molecule has 1 heterocycles. The average Bonchev–Trinajstić information content (AvgIpc) is 2.46. The summed E-state index contributed by atoms with van der Waals surface area (Å²) in [6.07, 6.45) is 5.07. The monoisotopic (exact) mass is 350 g/mol. The molecule has 0 unspecified atom stereocenters. The lowest BCUT2D eigenvalue weighted by Gasteiger charge is -2.45. The quantitative estimate of drug-likeness (QED) is 0.708. The number of anilines is 1. The van der Waals surface area contributed by atoms with E-state index in [0.29, 0.717) is 16.5 Å². The highest BCUT2D eigenvalue weighted by atomic mass is 35.5. The molecule has 1 aliphatic carbocycles. The van der Waals surface area contributed by atoms with E-state index in [1.807, 2.05) is 11.0 Å². The van der Waals surface area contributed by atoms with Crippen LogP contribution in [-0.4, -0.2) is 22.6 Å². The standard InChI is InChI=1S/C15H19ClN6S/c16-11-8-9(4-5-10(11)12(17)23)22-14(19)20-13(18)21-15(22)6-2-1-3-7-15/h4-5,8H,1-3,6-7H2,(H2,17,23)(H4,18,19,20,21). The fourth-order valence-corrected chi connectivity index (χ4v) is 3.85. The lowest BCUT2D eigenvalue weighted by Crippen LogP contribution is -2.58. The molecule has 1 aromatic carbocycles. The summed E-state index contributed by atoms with van der Waals surface area (Å²) in [5.74, 6) is 0.560. The molecular weight excluding hydrogens is 332 g/mol. The second kappa shape index (κ2) is 5.98. The summed E-state index contributed by atoms with van der Waals surface area (Å²) in [4.78, 5) is 10.9. The Bertz CT molecular complexity index is 708. The first-order valence-corrected chi connectivity index (χ1v) is 8.31. The van der Waals surface area contributed by atoms with Gasteiger partial charge in [-0.05, 0) is 43.9 Å². The predicted octanol–water partition coefficient (Wildman–Crippen LogP) is 2.08. The van der Waals surface area contributed by atoms with Crippen molar-refractivity contribution in [2.45, 2.75) is 37.8 Å². The molecule has 122 valence electrons. The van der Waals surface area contributed by atoms with E-state index in [1.54, 1.807) is 12.1 Å². The minimum Gasteiger partial charge on any atom is -0.389 e. The lowest BCUT2D eigenvalue weighted by molar-refractivity contribution is 0.305. The first-order valence-electron chi connectivity index (χ1n) is 7.52. The van der Waals surface area contributed by atoms with Crippen LogP contribution in [0.1, 0.15) is 37.7 Å². The summed E-state index contributed by atoms with van der Waals surface area (Å²) >= 11 is 11.3. The molecule has 0 radical (unpaired) electrons. The molecule has 8 heteroatoms. The van der Waals surface area contributed by atoms with Crippen molar-refractivity contribution in [2.75, 3.05) is 4.90 Å². The van der Waals surface area contributed by atoms with Crippen LogP contribution < -0.4 is 22.1 Å². The fraction of sp³-hybridized carbons (Fsp3) is 0.400. The topological polar surface area (TPSA) is 106 Å². The zero-order valence-corrected chi connectivity index (χ0v) is 14.2. The predicted molar refractivity (Wildman–Crippen MR) is 98.9 cm³/mol. The SMILES string of the molecule is NC(=S)c1ccc(N2C(N)=NC(N)=NC23CCCCC3)cc1Cl. The van der Waals surface area contributed by atoms with Crippen LogP contribution in [0.4, 0.5) is 5.69 Å². The molecule has 0 aromatic heterocycles. The van der Waals surface area contributed by atoms with Gasteiger partial charge in [-0.15, -0.1) is 0 Å². The van der Waals surface area contributed by atoms with Crippen LogP contribution in [0.2, 0.25) is 5.02 Å². The first-order chi connectivity index (χ1) is 10.9. The molecule has 1 aromatic rings. The van der Waals surface area contributed by atoms with E-state index in [2.05, 4.69) is 9.98 Å². The zero-order valence-electron chi connectivity index (χ0n) is 12.6. The Morgan fingerprint density at radius 2 is 1.91 bits per heavy atom. The minimum absolute atomic E-state index is 0.228. The number of hydrogen-bond acceptors (Lipinski definition) is 6. The first kappa shape index (κ1) is 16.0. The van der Waals surface area contributed by atoms with Crippen LogP contribution in [0.3, 0.4) is 0 Å². The molecule has 6 N–H and O–H groups in total. The van der Waals surface area contributed by atoms with Crippen LogP contribution in [0.5, 0.6) is 0 Å². The third-order valence-corrected chi connectivity index (χ3v) is 4.86. The van der Waals surface area contributed by atoms with Gasteiger partial charge in [0.1, 0.15) is 10.7 Å². The van der Waals surface area contributed by atoms with Gasteiger partial charge in [0, 0.05) is 11.3 Å². The highest BCUT2D eigenvalue weighted by molar-refractivity contribution is 7.80. The van der Waals surface area contributed by atoms with E-state index < -0.39 is 5.66 Å². The molecule has 2 aliphatic rings. The van der Waals surface area contributed by atoms with Gasteiger partial charge in [0.25, 0.3) is 0 Å². The Morgan fingerprint density at radius 3 is 2.52 bits per heavy atom. The molecule has 0 atom stereocenters. The number of halogens is 1. The molecule has 0 saturated heterocycles. The van der Waals surface area contributed by atoms with Crippen molar-refractivity contribution in [3.63, 3.8) is 0 Å². The Balaban J connectivity index is 2.07. The van der Waals surface area contributed by atoms with Gasteiger partial charge >= 0.3 is 0 Å². The summed E-state index contributed by atoms with van der Waals surface area (Å²) in [6, 6.07) is 5.48. The Labute approximate surface area is 145 Å². The van der Waals surface area contributed by atoms with Crippen molar-refractivity contribution in [1.82, 2.24) is 0 Å². The van der Waals surface area contributed by atoms with Gasteiger partial charge < -0.3 is 17.2 Å². The van der Waals surface area contributed by atoms with Gasteiger partial charge in [0.05, 0.1) is 5.02 Å². The van der Waals surface area contributed by atoms with Gasteiger partial charge in [-0.25, -0.2) is 4.99 Å². The molecule has 0 amide bonds. The second-order valence-electron chi connectivity index (χ2n) is 5.85. The van der Waals surface area contributed by atoms with Crippen LogP contribution in [0.15, 0.2) is 28.2 Å². The number of thiocarbonyl (C=S) groups is 1. The Hall–Kier alpha value is -1.86. The summed E-state index contributed by atoms with van der Waals surface area (Å²) < 4.78 is 0. The van der Waals surface area contributed by atoms with Gasteiger partial charge in [-0.3, -0.25) is 4.90 Å². The lowest BCUT2D eigenvalue weighted by atomic mass is 9.87. The Morgan fingerprint density at radius 1 is 1.22 bits per heavy atom. The Kier molecular flexibility index (Phi) is 4.16. The normalized spacial score (nSPS) is 20.1. The molecule has 6 nitrogen and oxygen atoms in total. The van der Waals surface area contributed by atoms with Crippen molar-refractivity contribution in [1.29, 1.82) is 0 Å². The molecule has 0 bridgehead atoms. The number of nitrogens with zero attached hydrogens (tertiary/aromatic N) is 3. The number of guanidine groups is 2. The molecule has 23 heavy (non-hydrogen) atoms. The number of nitrogens with two attached hydrogens (primary N) is 3. The molecular formula is C15H19ClN6S. The van der Waals surface area contributed by atoms with Crippen molar-refractivity contribution < 1.29 is 0 Å². The number of hydrogen-bond donors (Lipinski definition) is 3. The highest BCUT2D eigenvalue weighted by Gasteiger charge is 2.42. The van der Waals surface area contributed by atoms with E-state index in [1.165, 1.54) is 6.42 Å². The maximum absolute atomic E-state index is 6.31. The van der Waals surface area contributed by atoms with E-state index in [0.717, 1.165) is 31.4 Å². The van der Waals surface area contributed by atoms with E-state index in [9.17, 15) is 0 Å². The van der Waals surface area contributed by atoms with Gasteiger partial charge in [-0.2, -0.15) is 4.99 Å². The van der Waals surface area contributed by atoms with Crippen LogP contribution in [0, 0.1) is 0 Å². The van der Waals surface area contributed by atoms with E-state index in [-0.39, 0.29) is 10.9 Å². The van der Waals surface area contributed by atoms with Gasteiger partial charge in [0.2, 0.25) is 11.9 Å². The van der Waals surface area contributed by atoms with Crippen molar-refractivity contribution in [2.24, 2.45) is 27.2 Å². The minimum atomic E-state index is -0.484. The maximum atomic E-state index is 6.31. The summed E-state index contributed by atoms with van der Waals surface area (Å²) in [6.45, 7) is 0. The third kappa shape index (κ3) is 2.86. The van der Waals surface area contributed by atoms with Gasteiger partial charge in [-0.1, -0.05) is 30.2 Å². The summed E-state index contributed by atoms with van der Waals surface area (Å²) in [5, 5.41) is 0.483.